The van der Waals surface area contributed by atoms with Crippen LogP contribution in [0, 0.1) is 18.3 Å². The Hall–Kier alpha value is -3.33. The molecule has 4 N–H and O–H groups in total. The first-order valence-corrected chi connectivity index (χ1v) is 6.49. The summed E-state index contributed by atoms with van der Waals surface area (Å²) in [6, 6.07) is 13.5. The number of hydrogen-bond donors (Lipinski definition) is 3. The minimum Gasteiger partial charge on any atom is -0.397 e. The van der Waals surface area contributed by atoms with E-state index < -0.39 is 11.8 Å². The molecule has 0 atom stereocenters. The van der Waals surface area contributed by atoms with E-state index >= 15 is 0 Å². The van der Waals surface area contributed by atoms with Crippen LogP contribution in [0.2, 0.25) is 0 Å². The van der Waals surface area contributed by atoms with Crippen molar-refractivity contribution < 1.29 is 9.59 Å². The van der Waals surface area contributed by atoms with Crippen molar-refractivity contribution in [3.63, 3.8) is 0 Å². The molecule has 0 aliphatic heterocycles. The molecule has 0 aliphatic carbocycles. The van der Waals surface area contributed by atoms with Gasteiger partial charge in [-0.25, -0.2) is 0 Å². The third-order valence-corrected chi connectivity index (χ3v) is 2.96. The normalized spacial score (nSPS) is 9.64. The van der Waals surface area contributed by atoms with Gasteiger partial charge >= 0.3 is 11.8 Å². The van der Waals surface area contributed by atoms with E-state index in [2.05, 4.69) is 10.6 Å². The summed E-state index contributed by atoms with van der Waals surface area (Å²) in [5, 5.41) is 13.8. The summed E-state index contributed by atoms with van der Waals surface area (Å²) in [5.74, 6) is -1.73. The van der Waals surface area contributed by atoms with Crippen LogP contribution in [0.25, 0.3) is 0 Å². The van der Waals surface area contributed by atoms with Gasteiger partial charge in [0.05, 0.1) is 22.6 Å². The highest BCUT2D eigenvalue weighted by atomic mass is 16.2. The smallest absolute Gasteiger partial charge is 0.314 e. The van der Waals surface area contributed by atoms with E-state index in [1.54, 1.807) is 42.5 Å². The lowest BCUT2D eigenvalue weighted by Gasteiger charge is -2.10. The SMILES string of the molecule is Cc1ccc(N)c(NC(=O)C(=O)Nc2ccccc2C#N)c1. The molecule has 0 bridgehead atoms. The molecule has 2 rings (SSSR count). The Morgan fingerprint density at radius 1 is 1.05 bits per heavy atom. The Labute approximate surface area is 127 Å². The van der Waals surface area contributed by atoms with E-state index in [-0.39, 0.29) is 11.3 Å². The molecule has 0 saturated heterocycles. The molecule has 2 aromatic carbocycles. The van der Waals surface area contributed by atoms with Crippen molar-refractivity contribution in [1.82, 2.24) is 0 Å². The number of nitrogens with zero attached hydrogens (tertiary/aromatic N) is 1. The van der Waals surface area contributed by atoms with Gasteiger partial charge in [-0.1, -0.05) is 18.2 Å². The van der Waals surface area contributed by atoms with Crippen LogP contribution in [-0.4, -0.2) is 11.8 Å². The number of aryl methyl sites for hydroxylation is 1. The number of rotatable bonds is 2. The van der Waals surface area contributed by atoms with Gasteiger partial charge in [0.15, 0.2) is 0 Å². The van der Waals surface area contributed by atoms with E-state index in [9.17, 15) is 9.59 Å². The molecule has 0 unspecified atom stereocenters. The van der Waals surface area contributed by atoms with E-state index in [4.69, 9.17) is 11.0 Å². The fourth-order valence-electron chi connectivity index (χ4n) is 1.83. The second-order valence-corrected chi connectivity index (χ2v) is 4.66. The maximum absolute atomic E-state index is 11.9. The number of benzene rings is 2. The fourth-order valence-corrected chi connectivity index (χ4v) is 1.83. The number of carbonyl (C=O) groups is 2. The number of nitrogen functional groups attached to an aromatic ring is 1. The van der Waals surface area contributed by atoms with Gasteiger partial charge in [0.25, 0.3) is 0 Å². The molecule has 0 aromatic heterocycles. The standard InChI is InChI=1S/C16H14N4O2/c1-10-6-7-12(18)14(8-10)20-16(22)15(21)19-13-5-3-2-4-11(13)9-17/h2-8H,18H2,1H3,(H,19,21)(H,20,22). The Bertz CT molecular complexity index is 778. The number of nitriles is 1. The average molecular weight is 294 g/mol. The summed E-state index contributed by atoms with van der Waals surface area (Å²) in [7, 11) is 0. The number of carbonyl (C=O) groups excluding carboxylic acids is 2. The van der Waals surface area contributed by atoms with Gasteiger partial charge in [0, 0.05) is 0 Å². The van der Waals surface area contributed by atoms with Crippen LogP contribution in [0.15, 0.2) is 42.5 Å². The van der Waals surface area contributed by atoms with Gasteiger partial charge in [-0.2, -0.15) is 5.26 Å². The third kappa shape index (κ3) is 3.41. The van der Waals surface area contributed by atoms with Crippen LogP contribution in [0.4, 0.5) is 17.1 Å². The molecule has 0 aliphatic rings. The maximum Gasteiger partial charge on any atom is 0.314 e. The molecule has 0 heterocycles. The lowest BCUT2D eigenvalue weighted by atomic mass is 10.2. The quantitative estimate of drug-likeness (QED) is 0.581. The number of nitrogens with two attached hydrogens (primary N) is 1. The number of amides is 2. The van der Waals surface area contributed by atoms with Crippen LogP contribution >= 0.6 is 0 Å². The van der Waals surface area contributed by atoms with E-state index in [1.165, 1.54) is 0 Å². The summed E-state index contributed by atoms with van der Waals surface area (Å²) in [6.45, 7) is 1.85. The minimum absolute atomic E-state index is 0.277. The first kappa shape index (κ1) is 15.1. The lowest BCUT2D eigenvalue weighted by molar-refractivity contribution is -0.132. The Morgan fingerprint density at radius 2 is 1.68 bits per heavy atom. The highest BCUT2D eigenvalue weighted by Gasteiger charge is 2.16. The molecule has 6 heteroatoms. The first-order chi connectivity index (χ1) is 10.5. The second-order valence-electron chi connectivity index (χ2n) is 4.66. The summed E-state index contributed by atoms with van der Waals surface area (Å²) in [4.78, 5) is 23.8. The zero-order valence-corrected chi connectivity index (χ0v) is 11.9. The molecule has 6 nitrogen and oxygen atoms in total. The van der Waals surface area contributed by atoms with Crippen LogP contribution in [-0.2, 0) is 9.59 Å². The van der Waals surface area contributed by atoms with E-state index in [0.29, 0.717) is 11.4 Å². The van der Waals surface area contributed by atoms with Crippen molar-refractivity contribution in [3.05, 3.63) is 53.6 Å². The van der Waals surface area contributed by atoms with Crippen molar-refractivity contribution in [3.8, 4) is 6.07 Å². The predicted octanol–water partition coefficient (Wildman–Crippen LogP) is 2.03. The summed E-state index contributed by atoms with van der Waals surface area (Å²) >= 11 is 0. The third-order valence-electron chi connectivity index (χ3n) is 2.96. The molecule has 0 spiro atoms. The fraction of sp³-hybridized carbons (Fsp3) is 0.0625. The molecular formula is C16H14N4O2. The van der Waals surface area contributed by atoms with Crippen molar-refractivity contribution in [2.75, 3.05) is 16.4 Å². The van der Waals surface area contributed by atoms with Gasteiger partial charge in [-0.05, 0) is 36.8 Å². The van der Waals surface area contributed by atoms with Crippen molar-refractivity contribution >= 4 is 28.9 Å². The number of para-hydroxylation sites is 1. The summed E-state index contributed by atoms with van der Waals surface area (Å²) in [6.07, 6.45) is 0. The molecule has 0 fully saturated rings. The molecule has 22 heavy (non-hydrogen) atoms. The predicted molar refractivity (Wildman–Crippen MR) is 84.0 cm³/mol. The Balaban J connectivity index is 2.12. The second kappa shape index (κ2) is 6.41. The van der Waals surface area contributed by atoms with Gasteiger partial charge in [0.1, 0.15) is 6.07 Å². The molecule has 2 amide bonds. The monoisotopic (exact) mass is 294 g/mol. The topological polar surface area (TPSA) is 108 Å². The van der Waals surface area contributed by atoms with Gasteiger partial charge in [-0.3, -0.25) is 9.59 Å². The zero-order chi connectivity index (χ0) is 16.1. The minimum atomic E-state index is -0.872. The van der Waals surface area contributed by atoms with Crippen molar-refractivity contribution in [2.45, 2.75) is 6.92 Å². The number of anilines is 3. The lowest BCUT2D eigenvalue weighted by Crippen LogP contribution is -2.29. The van der Waals surface area contributed by atoms with Crippen LogP contribution in [0.5, 0.6) is 0 Å². The number of hydrogen-bond acceptors (Lipinski definition) is 4. The van der Waals surface area contributed by atoms with E-state index in [1.807, 2.05) is 13.0 Å². The summed E-state index contributed by atoms with van der Waals surface area (Å²) < 4.78 is 0. The highest BCUT2D eigenvalue weighted by molar-refractivity contribution is 6.44. The molecule has 110 valence electrons. The summed E-state index contributed by atoms with van der Waals surface area (Å²) in [5.41, 5.74) is 7.94. The van der Waals surface area contributed by atoms with Crippen molar-refractivity contribution in [2.24, 2.45) is 0 Å². The number of nitrogens with one attached hydrogen (secondary N) is 2. The van der Waals surface area contributed by atoms with E-state index in [0.717, 1.165) is 5.56 Å². The largest absolute Gasteiger partial charge is 0.397 e. The van der Waals surface area contributed by atoms with Crippen molar-refractivity contribution in [1.29, 1.82) is 5.26 Å². The van der Waals surface area contributed by atoms with Gasteiger partial charge in [0.2, 0.25) is 0 Å². The van der Waals surface area contributed by atoms with Crippen LogP contribution in [0.3, 0.4) is 0 Å². The highest BCUT2D eigenvalue weighted by Crippen LogP contribution is 2.19. The van der Waals surface area contributed by atoms with Crippen LogP contribution < -0.4 is 16.4 Å². The Morgan fingerprint density at radius 3 is 2.36 bits per heavy atom. The maximum atomic E-state index is 11.9. The van der Waals surface area contributed by atoms with Gasteiger partial charge in [-0.15, -0.1) is 0 Å². The molecule has 2 aromatic rings. The van der Waals surface area contributed by atoms with Crippen LogP contribution in [0.1, 0.15) is 11.1 Å². The Kier molecular flexibility index (Phi) is 4.39. The zero-order valence-electron chi connectivity index (χ0n) is 11.9. The molecule has 0 radical (unpaired) electrons. The first-order valence-electron chi connectivity index (χ1n) is 6.49. The molecule has 0 saturated carbocycles. The van der Waals surface area contributed by atoms with Gasteiger partial charge < -0.3 is 16.4 Å². The average Bonchev–Trinajstić information content (AvgIpc) is 2.51. The molecular weight excluding hydrogens is 280 g/mol.